The van der Waals surface area contributed by atoms with Gasteiger partial charge < -0.3 is 5.11 Å². The predicted molar refractivity (Wildman–Crippen MR) is 63.3 cm³/mol. The summed E-state index contributed by atoms with van der Waals surface area (Å²) in [5, 5.41) is 9.40. The van der Waals surface area contributed by atoms with E-state index in [0.717, 1.165) is 0 Å². The number of aliphatic imine (C=N–C) groups is 1. The van der Waals surface area contributed by atoms with Crippen molar-refractivity contribution < 1.29 is 14.7 Å². The van der Waals surface area contributed by atoms with Crippen LogP contribution in [0, 0.1) is 0 Å². The molecular formula is C10H12N3O3S. The molecule has 0 aromatic carbocycles. The molecule has 1 heterocycles. The number of hydrogen-bond acceptors (Lipinski definition) is 4. The lowest BCUT2D eigenvalue weighted by Crippen LogP contribution is -2.23. The zero-order valence-electron chi connectivity index (χ0n) is 9.27. The largest absolute Gasteiger partial charge is 0.478 e. The van der Waals surface area contributed by atoms with E-state index in [9.17, 15) is 9.59 Å². The molecule has 1 fully saturated rings. The molecule has 1 aliphatic carbocycles. The van der Waals surface area contributed by atoms with Crippen LogP contribution >= 0.6 is 11.8 Å². The van der Waals surface area contributed by atoms with Gasteiger partial charge in [-0.1, -0.05) is 11.8 Å². The molecule has 1 radical (unpaired) electrons. The number of amidine groups is 1. The number of carboxylic acid groups (broad SMARTS) is 1. The first-order chi connectivity index (χ1) is 8.08. The first kappa shape index (κ1) is 12.1. The molecule has 91 valence electrons. The molecule has 7 heteroatoms. The number of aliphatic carboxylic acids is 1. The molecule has 1 saturated heterocycles. The van der Waals surface area contributed by atoms with E-state index in [2.05, 4.69) is 15.8 Å². The lowest BCUT2D eigenvalue weighted by molar-refractivity contribution is -0.133. The molecule has 0 aromatic rings. The molecule has 1 unspecified atom stereocenters. The predicted octanol–water partition coefficient (Wildman–Crippen LogP) is 0.636. The topological polar surface area (TPSA) is 92.9 Å². The van der Waals surface area contributed by atoms with E-state index in [0.29, 0.717) is 30.0 Å². The molecule has 0 spiro atoms. The Morgan fingerprint density at radius 1 is 1.47 bits per heavy atom. The van der Waals surface area contributed by atoms with Gasteiger partial charge in [-0.3, -0.25) is 4.79 Å². The third kappa shape index (κ3) is 2.67. The SMILES string of the molecule is CC1N[N]C(=NC(=O)C2=C(C(=O)O)CCC2)S1. The van der Waals surface area contributed by atoms with Crippen molar-refractivity contribution in [1.29, 1.82) is 0 Å². The van der Waals surface area contributed by atoms with Gasteiger partial charge in [0.2, 0.25) is 5.17 Å². The maximum absolute atomic E-state index is 11.8. The third-order valence-electron chi connectivity index (χ3n) is 2.56. The Morgan fingerprint density at radius 3 is 2.76 bits per heavy atom. The van der Waals surface area contributed by atoms with Gasteiger partial charge in [0.05, 0.1) is 5.37 Å². The summed E-state index contributed by atoms with van der Waals surface area (Å²) in [4.78, 5) is 26.6. The third-order valence-corrected chi connectivity index (χ3v) is 3.41. The van der Waals surface area contributed by atoms with E-state index < -0.39 is 11.9 Å². The van der Waals surface area contributed by atoms with E-state index in [4.69, 9.17) is 5.11 Å². The van der Waals surface area contributed by atoms with Gasteiger partial charge in [0.15, 0.2) is 0 Å². The van der Waals surface area contributed by atoms with Gasteiger partial charge in [0.25, 0.3) is 5.91 Å². The van der Waals surface area contributed by atoms with Crippen molar-refractivity contribution in [3.63, 3.8) is 0 Å². The first-order valence-electron chi connectivity index (χ1n) is 5.29. The van der Waals surface area contributed by atoms with Crippen LogP contribution in [0.5, 0.6) is 0 Å². The highest BCUT2D eigenvalue weighted by Crippen LogP contribution is 2.27. The summed E-state index contributed by atoms with van der Waals surface area (Å²) in [5.74, 6) is -1.49. The molecule has 6 nitrogen and oxygen atoms in total. The van der Waals surface area contributed by atoms with Gasteiger partial charge in [-0.25, -0.2) is 4.79 Å². The van der Waals surface area contributed by atoms with Gasteiger partial charge in [0, 0.05) is 11.1 Å². The van der Waals surface area contributed by atoms with Gasteiger partial charge >= 0.3 is 5.97 Å². The molecule has 1 atom stereocenters. The Balaban J connectivity index is 2.15. The van der Waals surface area contributed by atoms with Crippen molar-refractivity contribution in [2.24, 2.45) is 4.99 Å². The minimum Gasteiger partial charge on any atom is -0.478 e. The Kier molecular flexibility index (Phi) is 3.49. The zero-order valence-corrected chi connectivity index (χ0v) is 10.1. The highest BCUT2D eigenvalue weighted by molar-refractivity contribution is 8.14. The van der Waals surface area contributed by atoms with Crippen molar-refractivity contribution in [1.82, 2.24) is 10.9 Å². The second-order valence-electron chi connectivity index (χ2n) is 3.82. The van der Waals surface area contributed by atoms with E-state index in [1.807, 2.05) is 6.92 Å². The fraction of sp³-hybridized carbons (Fsp3) is 0.500. The summed E-state index contributed by atoms with van der Waals surface area (Å²) in [6, 6.07) is 0. The summed E-state index contributed by atoms with van der Waals surface area (Å²) in [6.07, 6.45) is 1.64. The van der Waals surface area contributed by atoms with E-state index in [1.54, 1.807) is 0 Å². The van der Waals surface area contributed by atoms with Crippen molar-refractivity contribution in [3.05, 3.63) is 11.1 Å². The van der Waals surface area contributed by atoms with Crippen molar-refractivity contribution in [2.45, 2.75) is 31.6 Å². The van der Waals surface area contributed by atoms with Crippen LogP contribution in [0.2, 0.25) is 0 Å². The molecule has 2 rings (SSSR count). The lowest BCUT2D eigenvalue weighted by Gasteiger charge is -1.99. The molecule has 2 aliphatic rings. The monoisotopic (exact) mass is 254 g/mol. The van der Waals surface area contributed by atoms with Crippen molar-refractivity contribution >= 4 is 28.8 Å². The molecule has 0 aromatic heterocycles. The maximum Gasteiger partial charge on any atom is 0.332 e. The van der Waals surface area contributed by atoms with E-state index >= 15 is 0 Å². The average molecular weight is 254 g/mol. The number of carboxylic acids is 1. The summed E-state index contributed by atoms with van der Waals surface area (Å²) < 4.78 is 0. The molecule has 0 saturated carbocycles. The number of hydrogen-bond donors (Lipinski definition) is 2. The van der Waals surface area contributed by atoms with Crippen LogP contribution in [-0.2, 0) is 9.59 Å². The second-order valence-corrected chi connectivity index (χ2v) is 5.12. The van der Waals surface area contributed by atoms with Crippen LogP contribution in [0.25, 0.3) is 0 Å². The maximum atomic E-state index is 11.8. The molecular weight excluding hydrogens is 242 g/mol. The normalized spacial score (nSPS) is 26.4. The highest BCUT2D eigenvalue weighted by Gasteiger charge is 2.26. The first-order valence-corrected chi connectivity index (χ1v) is 6.17. The number of nitrogens with one attached hydrogen (secondary N) is 1. The van der Waals surface area contributed by atoms with Crippen molar-refractivity contribution in [2.75, 3.05) is 0 Å². The van der Waals surface area contributed by atoms with Gasteiger partial charge in [-0.05, 0) is 26.2 Å². The minimum absolute atomic E-state index is 0.0954. The lowest BCUT2D eigenvalue weighted by atomic mass is 10.1. The standard InChI is InChI=1S/C10H12N3O3S/c1-5-12-13-10(17-5)11-8(14)6-3-2-4-7(6)9(15)16/h5,12H,2-4H2,1H3,(H,15,16). The number of thioether (sulfide) groups is 1. The Labute approximate surface area is 103 Å². The van der Waals surface area contributed by atoms with Gasteiger partial charge in [0.1, 0.15) is 0 Å². The number of nitrogens with zero attached hydrogens (tertiary/aromatic N) is 2. The molecule has 1 amide bonds. The highest BCUT2D eigenvalue weighted by atomic mass is 32.2. The number of carbonyl (C=O) groups excluding carboxylic acids is 1. The summed E-state index contributed by atoms with van der Waals surface area (Å²) in [7, 11) is 0. The zero-order chi connectivity index (χ0) is 12.4. The smallest absolute Gasteiger partial charge is 0.332 e. The summed E-state index contributed by atoms with van der Waals surface area (Å²) in [6.45, 7) is 1.90. The number of carbonyl (C=O) groups is 2. The van der Waals surface area contributed by atoms with E-state index in [1.165, 1.54) is 11.8 Å². The molecule has 1 aliphatic heterocycles. The van der Waals surface area contributed by atoms with Crippen LogP contribution in [-0.4, -0.2) is 27.5 Å². The fourth-order valence-electron chi connectivity index (χ4n) is 1.78. The Hall–Kier alpha value is -1.34. The number of rotatable bonds is 2. The van der Waals surface area contributed by atoms with E-state index in [-0.39, 0.29) is 10.9 Å². The quantitative estimate of drug-likeness (QED) is 0.754. The van der Waals surface area contributed by atoms with Crippen LogP contribution in [0.15, 0.2) is 16.1 Å². The second kappa shape index (κ2) is 4.89. The molecule has 0 bridgehead atoms. The average Bonchev–Trinajstić information content (AvgIpc) is 2.86. The van der Waals surface area contributed by atoms with Crippen LogP contribution < -0.4 is 10.9 Å². The minimum atomic E-state index is -1.02. The fourth-order valence-corrected chi connectivity index (χ4v) is 2.44. The van der Waals surface area contributed by atoms with Gasteiger partial charge in [-0.15, -0.1) is 0 Å². The number of amides is 1. The van der Waals surface area contributed by atoms with Crippen LogP contribution in [0.4, 0.5) is 0 Å². The van der Waals surface area contributed by atoms with Crippen LogP contribution in [0.1, 0.15) is 26.2 Å². The molecule has 17 heavy (non-hydrogen) atoms. The van der Waals surface area contributed by atoms with Crippen molar-refractivity contribution in [3.8, 4) is 0 Å². The summed E-state index contributed by atoms with van der Waals surface area (Å²) in [5.41, 5.74) is 7.16. The summed E-state index contributed by atoms with van der Waals surface area (Å²) >= 11 is 1.34. The Bertz CT molecular complexity index is 431. The van der Waals surface area contributed by atoms with Crippen LogP contribution in [0.3, 0.4) is 0 Å². The van der Waals surface area contributed by atoms with Gasteiger partial charge in [-0.2, -0.15) is 15.8 Å². The Morgan fingerprint density at radius 2 is 2.18 bits per heavy atom. The molecule has 2 N–H and O–H groups in total.